The standard InChI is InChI=1S/C13H16N2S/c1-8-2-3-11-10(6-8)12-9(7-14)4-5-16-13(12)15-11/h2-3,6,9,15H,4-5,7,14H2,1H3. The highest BCUT2D eigenvalue weighted by Crippen LogP contribution is 2.41. The molecule has 2 aromatic rings. The molecule has 3 N–H and O–H groups in total. The van der Waals surface area contributed by atoms with Crippen molar-refractivity contribution in [1.29, 1.82) is 0 Å². The van der Waals surface area contributed by atoms with Crippen molar-refractivity contribution >= 4 is 22.7 Å². The van der Waals surface area contributed by atoms with Gasteiger partial charge in [-0.2, -0.15) is 0 Å². The number of benzene rings is 1. The van der Waals surface area contributed by atoms with Crippen LogP contribution in [0, 0.1) is 6.92 Å². The topological polar surface area (TPSA) is 41.8 Å². The minimum absolute atomic E-state index is 0.534. The molecule has 2 nitrogen and oxygen atoms in total. The first kappa shape index (κ1) is 10.2. The Kier molecular flexibility index (Phi) is 2.45. The number of aromatic nitrogens is 1. The maximum Gasteiger partial charge on any atom is 0.0768 e. The van der Waals surface area contributed by atoms with Crippen LogP contribution in [0.1, 0.15) is 23.5 Å². The quantitative estimate of drug-likeness (QED) is 0.793. The highest BCUT2D eigenvalue weighted by molar-refractivity contribution is 7.99. The number of hydrogen-bond donors (Lipinski definition) is 2. The largest absolute Gasteiger partial charge is 0.349 e. The third-order valence-corrected chi connectivity index (χ3v) is 4.41. The van der Waals surface area contributed by atoms with Crippen LogP contribution in [0.2, 0.25) is 0 Å². The normalized spacial score (nSPS) is 20.0. The molecule has 0 bridgehead atoms. The van der Waals surface area contributed by atoms with Gasteiger partial charge in [0.25, 0.3) is 0 Å². The highest BCUT2D eigenvalue weighted by Gasteiger charge is 2.23. The Morgan fingerprint density at radius 3 is 3.19 bits per heavy atom. The average molecular weight is 232 g/mol. The molecule has 16 heavy (non-hydrogen) atoms. The van der Waals surface area contributed by atoms with Crippen molar-refractivity contribution in [3.63, 3.8) is 0 Å². The number of nitrogens with two attached hydrogens (primary N) is 1. The lowest BCUT2D eigenvalue weighted by Crippen LogP contribution is -2.16. The third-order valence-electron chi connectivity index (χ3n) is 3.36. The average Bonchev–Trinajstić information content (AvgIpc) is 2.66. The van der Waals surface area contributed by atoms with Gasteiger partial charge in [0.15, 0.2) is 0 Å². The molecule has 0 saturated heterocycles. The molecule has 1 aromatic heterocycles. The van der Waals surface area contributed by atoms with Crippen LogP contribution in [0.3, 0.4) is 0 Å². The van der Waals surface area contributed by atoms with E-state index in [1.54, 1.807) is 0 Å². The van der Waals surface area contributed by atoms with Gasteiger partial charge in [-0.1, -0.05) is 11.6 Å². The van der Waals surface area contributed by atoms with Crippen molar-refractivity contribution in [2.75, 3.05) is 12.3 Å². The van der Waals surface area contributed by atoms with Crippen molar-refractivity contribution in [2.24, 2.45) is 5.73 Å². The summed E-state index contributed by atoms with van der Waals surface area (Å²) in [4.78, 5) is 3.51. The van der Waals surface area contributed by atoms with Crippen molar-refractivity contribution in [1.82, 2.24) is 4.98 Å². The van der Waals surface area contributed by atoms with Gasteiger partial charge in [0, 0.05) is 22.6 Å². The Morgan fingerprint density at radius 1 is 1.50 bits per heavy atom. The van der Waals surface area contributed by atoms with Crippen LogP contribution in [-0.2, 0) is 0 Å². The first-order valence-electron chi connectivity index (χ1n) is 5.74. The van der Waals surface area contributed by atoms with Gasteiger partial charge in [0.05, 0.1) is 5.03 Å². The van der Waals surface area contributed by atoms with Crippen molar-refractivity contribution in [3.8, 4) is 0 Å². The molecule has 0 amide bonds. The predicted molar refractivity (Wildman–Crippen MR) is 70.2 cm³/mol. The molecule has 1 aromatic carbocycles. The Labute approximate surface area is 99.6 Å². The zero-order valence-electron chi connectivity index (χ0n) is 9.42. The molecule has 84 valence electrons. The van der Waals surface area contributed by atoms with Crippen LogP contribution in [0.25, 0.3) is 10.9 Å². The van der Waals surface area contributed by atoms with E-state index in [9.17, 15) is 0 Å². The number of aromatic amines is 1. The van der Waals surface area contributed by atoms with Gasteiger partial charge >= 0.3 is 0 Å². The molecule has 0 spiro atoms. The van der Waals surface area contributed by atoms with E-state index in [0.29, 0.717) is 5.92 Å². The molecule has 0 aliphatic carbocycles. The van der Waals surface area contributed by atoms with Crippen LogP contribution >= 0.6 is 11.8 Å². The van der Waals surface area contributed by atoms with E-state index < -0.39 is 0 Å². The zero-order valence-corrected chi connectivity index (χ0v) is 10.2. The number of hydrogen-bond acceptors (Lipinski definition) is 2. The fourth-order valence-corrected chi connectivity index (χ4v) is 3.73. The smallest absolute Gasteiger partial charge is 0.0768 e. The molecule has 3 heteroatoms. The second-order valence-electron chi connectivity index (χ2n) is 4.49. The van der Waals surface area contributed by atoms with Crippen molar-refractivity contribution in [2.45, 2.75) is 24.3 Å². The van der Waals surface area contributed by atoms with Crippen molar-refractivity contribution in [3.05, 3.63) is 29.3 Å². The number of aryl methyl sites for hydroxylation is 1. The van der Waals surface area contributed by atoms with Gasteiger partial charge in [0.1, 0.15) is 0 Å². The number of rotatable bonds is 1. The fraction of sp³-hybridized carbons (Fsp3) is 0.385. The van der Waals surface area contributed by atoms with Gasteiger partial charge in [-0.15, -0.1) is 11.8 Å². The Balaban J connectivity index is 2.27. The summed E-state index contributed by atoms with van der Waals surface area (Å²) in [6, 6.07) is 6.61. The second kappa shape index (κ2) is 3.82. The van der Waals surface area contributed by atoms with E-state index in [1.165, 1.54) is 39.2 Å². The molecule has 1 atom stereocenters. The van der Waals surface area contributed by atoms with Crippen LogP contribution < -0.4 is 5.73 Å². The van der Waals surface area contributed by atoms with E-state index in [0.717, 1.165) is 6.54 Å². The Morgan fingerprint density at radius 2 is 2.38 bits per heavy atom. The molecule has 1 aliphatic heterocycles. The maximum atomic E-state index is 5.88. The molecule has 2 heterocycles. The SMILES string of the molecule is Cc1ccc2[nH]c3c(c2c1)C(CN)CCS3. The van der Waals surface area contributed by atoms with Gasteiger partial charge in [-0.3, -0.25) is 0 Å². The van der Waals surface area contributed by atoms with Crippen LogP contribution in [0.5, 0.6) is 0 Å². The summed E-state index contributed by atoms with van der Waals surface area (Å²) in [6.07, 6.45) is 1.20. The monoisotopic (exact) mass is 232 g/mol. The highest BCUT2D eigenvalue weighted by atomic mass is 32.2. The van der Waals surface area contributed by atoms with Crippen molar-refractivity contribution < 1.29 is 0 Å². The molecule has 0 saturated carbocycles. The van der Waals surface area contributed by atoms with E-state index >= 15 is 0 Å². The summed E-state index contributed by atoms with van der Waals surface area (Å²) in [5.74, 6) is 1.72. The molecule has 0 radical (unpaired) electrons. The number of nitrogens with one attached hydrogen (secondary N) is 1. The minimum Gasteiger partial charge on any atom is -0.349 e. The number of H-pyrrole nitrogens is 1. The van der Waals surface area contributed by atoms with E-state index in [2.05, 4.69) is 30.1 Å². The first-order chi connectivity index (χ1) is 7.79. The third kappa shape index (κ3) is 1.46. The summed E-state index contributed by atoms with van der Waals surface area (Å²) in [7, 11) is 0. The second-order valence-corrected chi connectivity index (χ2v) is 5.59. The molecule has 1 unspecified atom stereocenters. The van der Waals surface area contributed by atoms with E-state index in [4.69, 9.17) is 5.73 Å². The summed E-state index contributed by atoms with van der Waals surface area (Å²) >= 11 is 1.93. The van der Waals surface area contributed by atoms with Gasteiger partial charge in [-0.25, -0.2) is 0 Å². The van der Waals surface area contributed by atoms with Crippen LogP contribution in [-0.4, -0.2) is 17.3 Å². The number of thioether (sulfide) groups is 1. The summed E-state index contributed by atoms with van der Waals surface area (Å²) in [5.41, 5.74) is 9.91. The van der Waals surface area contributed by atoms with E-state index in [1.807, 2.05) is 11.8 Å². The maximum absolute atomic E-state index is 5.88. The molecular weight excluding hydrogens is 216 g/mol. The summed E-state index contributed by atoms with van der Waals surface area (Å²) < 4.78 is 0. The van der Waals surface area contributed by atoms with Gasteiger partial charge < -0.3 is 10.7 Å². The lowest BCUT2D eigenvalue weighted by molar-refractivity contribution is 0.661. The molecular formula is C13H16N2S. The Hall–Kier alpha value is -0.930. The lowest BCUT2D eigenvalue weighted by Gasteiger charge is -2.20. The minimum atomic E-state index is 0.534. The lowest BCUT2D eigenvalue weighted by atomic mass is 9.95. The molecule has 0 fully saturated rings. The fourth-order valence-electron chi connectivity index (χ4n) is 2.50. The predicted octanol–water partition coefficient (Wildman–Crippen LogP) is 3.01. The Bertz CT molecular complexity index is 530. The van der Waals surface area contributed by atoms with E-state index in [-0.39, 0.29) is 0 Å². The number of fused-ring (bicyclic) bond motifs is 3. The van der Waals surface area contributed by atoms with Crippen LogP contribution in [0.4, 0.5) is 0 Å². The molecule has 3 rings (SSSR count). The molecule has 1 aliphatic rings. The first-order valence-corrected chi connectivity index (χ1v) is 6.73. The van der Waals surface area contributed by atoms with Gasteiger partial charge in [0.2, 0.25) is 0 Å². The van der Waals surface area contributed by atoms with Crippen LogP contribution in [0.15, 0.2) is 23.2 Å². The summed E-state index contributed by atoms with van der Waals surface area (Å²) in [6.45, 7) is 2.90. The zero-order chi connectivity index (χ0) is 11.1. The van der Waals surface area contributed by atoms with Gasteiger partial charge in [-0.05, 0) is 37.6 Å². The summed E-state index contributed by atoms with van der Waals surface area (Å²) in [5, 5.41) is 2.71.